The second kappa shape index (κ2) is 18.3. The third kappa shape index (κ3) is 10.1. The Morgan fingerprint density at radius 2 is 0.486 bits per heavy atom. The first-order chi connectivity index (χ1) is 33.1. The van der Waals surface area contributed by atoms with E-state index >= 15 is 0 Å². The van der Waals surface area contributed by atoms with Gasteiger partial charge in [-0.3, -0.25) is 0 Å². The van der Waals surface area contributed by atoms with Crippen LogP contribution in [0.2, 0.25) is 0 Å². The zero-order valence-corrected chi connectivity index (χ0v) is 46.3. The van der Waals surface area contributed by atoms with E-state index in [1.165, 1.54) is 0 Å². The highest BCUT2D eigenvalue weighted by Crippen LogP contribution is 2.49. The van der Waals surface area contributed by atoms with Gasteiger partial charge in [-0.1, -0.05) is 159 Å². The van der Waals surface area contributed by atoms with E-state index < -0.39 is 32.5 Å². The molecule has 0 fully saturated rings. The molecular weight excluding hydrogens is 897 g/mol. The van der Waals surface area contributed by atoms with Crippen LogP contribution in [0.4, 0.5) is 0 Å². The Kier molecular flexibility index (Phi) is 13.6. The third-order valence-corrected chi connectivity index (χ3v) is 15.4. The first-order valence-electron chi connectivity index (χ1n) is 25.3. The van der Waals surface area contributed by atoms with E-state index in [9.17, 15) is 30.6 Å². The molecule has 0 heterocycles. The molecule has 384 valence electrons. The van der Waals surface area contributed by atoms with Crippen LogP contribution in [0.3, 0.4) is 0 Å². The number of hydrogen-bond donors (Lipinski definition) is 6. The van der Waals surface area contributed by atoms with Crippen molar-refractivity contribution < 1.29 is 40.1 Å². The van der Waals surface area contributed by atoms with E-state index in [1.54, 1.807) is 14.2 Å². The van der Waals surface area contributed by atoms with Crippen LogP contribution in [0.1, 0.15) is 200 Å². The average Bonchev–Trinajstić information content (AvgIpc) is 3.26. The van der Waals surface area contributed by atoms with Crippen molar-refractivity contribution in [1.29, 1.82) is 0 Å². The van der Waals surface area contributed by atoms with Crippen LogP contribution in [0, 0.1) is 0 Å². The Labute approximate surface area is 429 Å². The number of fused-ring (bicyclic) bond motifs is 12. The molecule has 72 heavy (non-hydrogen) atoms. The summed E-state index contributed by atoms with van der Waals surface area (Å²) >= 11 is 0. The van der Waals surface area contributed by atoms with Gasteiger partial charge in [0.2, 0.25) is 0 Å². The third-order valence-electron chi connectivity index (χ3n) is 15.4. The first-order valence-corrected chi connectivity index (χ1v) is 25.3. The second-order valence-electron chi connectivity index (χ2n) is 25.7. The molecule has 6 aromatic rings. The minimum atomic E-state index is -0.698. The quantitative estimate of drug-likeness (QED) is 0.101. The molecule has 8 heteroatoms. The average molecular weight is 977 g/mol. The maximum Gasteiger partial charge on any atom is 0.122 e. The number of hydrogen-bond acceptors (Lipinski definition) is 8. The summed E-state index contributed by atoms with van der Waals surface area (Å²) in [7, 11) is 3.19. The fourth-order valence-corrected chi connectivity index (χ4v) is 10.4. The van der Waals surface area contributed by atoms with Gasteiger partial charge in [0.05, 0.1) is 14.2 Å². The van der Waals surface area contributed by atoms with Gasteiger partial charge in [-0.25, -0.2) is 0 Å². The molecule has 7 rings (SSSR count). The summed E-state index contributed by atoms with van der Waals surface area (Å²) in [5.41, 5.74) is 8.16. The molecule has 12 bridgehead atoms. The van der Waals surface area contributed by atoms with Crippen LogP contribution in [0.15, 0.2) is 72.8 Å². The Hall–Kier alpha value is -6.28. The molecular formula is C64H80O8. The minimum Gasteiger partial charge on any atom is -0.507 e. The van der Waals surface area contributed by atoms with Crippen molar-refractivity contribution in [3.8, 4) is 46.0 Å². The summed E-state index contributed by atoms with van der Waals surface area (Å²) in [6.45, 7) is 33.4. The molecule has 6 N–H and O–H groups in total. The summed E-state index contributed by atoms with van der Waals surface area (Å²) in [6, 6.07) is 23.6. The van der Waals surface area contributed by atoms with Crippen LogP contribution in [0.25, 0.3) is 0 Å². The van der Waals surface area contributed by atoms with Gasteiger partial charge in [0.25, 0.3) is 0 Å². The Morgan fingerprint density at radius 1 is 0.306 bits per heavy atom. The molecule has 6 aromatic carbocycles. The van der Waals surface area contributed by atoms with E-state index in [4.69, 9.17) is 9.47 Å². The van der Waals surface area contributed by atoms with Crippen molar-refractivity contribution in [1.82, 2.24) is 0 Å². The molecule has 0 amide bonds. The summed E-state index contributed by atoms with van der Waals surface area (Å²) in [5, 5.41) is 73.8. The molecule has 1 aliphatic rings. The van der Waals surface area contributed by atoms with E-state index in [0.717, 1.165) is 44.5 Å². The van der Waals surface area contributed by atoms with Crippen molar-refractivity contribution in [3.05, 3.63) is 162 Å². The highest BCUT2D eigenvalue weighted by atomic mass is 16.5. The Bertz CT molecular complexity index is 2680. The lowest BCUT2D eigenvalue weighted by atomic mass is 9.71. The van der Waals surface area contributed by atoms with Crippen molar-refractivity contribution in [2.24, 2.45) is 0 Å². The molecule has 0 radical (unpaired) electrons. The minimum absolute atomic E-state index is 0.0482. The van der Waals surface area contributed by atoms with Gasteiger partial charge < -0.3 is 40.1 Å². The van der Waals surface area contributed by atoms with Gasteiger partial charge >= 0.3 is 0 Å². The van der Waals surface area contributed by atoms with Crippen LogP contribution in [-0.4, -0.2) is 44.9 Å². The summed E-state index contributed by atoms with van der Waals surface area (Å²) < 4.78 is 11.8. The highest BCUT2D eigenvalue weighted by molar-refractivity contribution is 5.62. The van der Waals surface area contributed by atoms with Crippen molar-refractivity contribution >= 4 is 0 Å². The van der Waals surface area contributed by atoms with E-state index in [2.05, 4.69) is 135 Å². The summed E-state index contributed by atoms with van der Waals surface area (Å²) in [5.74, 6) is 1.74. The molecule has 0 unspecified atom stereocenters. The number of benzene rings is 6. The molecule has 0 aromatic heterocycles. The first kappa shape index (κ1) is 53.5. The van der Waals surface area contributed by atoms with Gasteiger partial charge in [-0.15, -0.1) is 0 Å². The predicted molar refractivity (Wildman–Crippen MR) is 292 cm³/mol. The number of aromatic hydroxyl groups is 6. The van der Waals surface area contributed by atoms with Crippen LogP contribution >= 0.6 is 0 Å². The lowest BCUT2D eigenvalue weighted by Gasteiger charge is -2.33. The largest absolute Gasteiger partial charge is 0.507 e. The molecule has 0 saturated carbocycles. The fraction of sp³-hybridized carbons (Fsp3) is 0.438. The van der Waals surface area contributed by atoms with E-state index in [-0.39, 0.29) is 60.2 Å². The van der Waals surface area contributed by atoms with Crippen molar-refractivity contribution in [2.45, 2.75) is 169 Å². The number of rotatable bonds is 2. The van der Waals surface area contributed by atoms with Gasteiger partial charge in [-0.2, -0.15) is 0 Å². The molecule has 0 spiro atoms. The maximum absolute atomic E-state index is 12.4. The van der Waals surface area contributed by atoms with Gasteiger partial charge in [-0.05, 0) is 113 Å². The van der Waals surface area contributed by atoms with Crippen LogP contribution in [-0.2, 0) is 58.2 Å². The lowest BCUT2D eigenvalue weighted by Crippen LogP contribution is -2.24. The summed E-state index contributed by atoms with van der Waals surface area (Å²) in [4.78, 5) is 0. The van der Waals surface area contributed by atoms with Gasteiger partial charge in [0.1, 0.15) is 46.0 Å². The Balaban J connectivity index is 1.61. The summed E-state index contributed by atoms with van der Waals surface area (Å²) in [6.07, 6.45) is 0.690. The molecule has 0 saturated heterocycles. The number of phenols is 6. The SMILES string of the molecule is COc1cc2c(O)c(c1)Cc1cc(cc(C(C)(C)C)c1O)C(C)(C)c1cc(c(O)c(C(C)(C)C)c1)Cc1cc(OC)cc(c1O)Cc1cc(cc(C(C)(C)C)c1O)C(C)(C)c1cc(c(O)c(C(C)(C)C)c1)C2. The van der Waals surface area contributed by atoms with Gasteiger partial charge in [0.15, 0.2) is 0 Å². The Morgan fingerprint density at radius 3 is 0.653 bits per heavy atom. The van der Waals surface area contributed by atoms with Crippen molar-refractivity contribution in [2.75, 3.05) is 14.2 Å². The molecule has 0 aliphatic heterocycles. The monoisotopic (exact) mass is 977 g/mol. The second-order valence-corrected chi connectivity index (χ2v) is 25.7. The zero-order chi connectivity index (χ0) is 53.6. The fourth-order valence-electron chi connectivity index (χ4n) is 10.4. The normalized spacial score (nSPS) is 15.1. The predicted octanol–water partition coefficient (Wildman–Crippen LogP) is 14.5. The topological polar surface area (TPSA) is 140 Å². The van der Waals surface area contributed by atoms with E-state index in [1.807, 2.05) is 48.5 Å². The molecule has 8 nitrogen and oxygen atoms in total. The lowest BCUT2D eigenvalue weighted by molar-refractivity contribution is 0.408. The standard InChI is InChI=1S/C64H80O8/c1-59(2,3)49-31-43-23-35(55(49)67)19-39-27-47(71-17)28-40(53(39)65)21-37-25-45(33-51(57(37)69)61(7,8)9)64(15,16)46-26-38(58(70)52(34-46)62(10,11)12)22-42-30-48(72-18)29-41(54(42)66)20-36-24-44(63(43,13)14)32-50(56(36)68)60(4,5)6/h23-34,65-70H,19-22H2,1-18H3. The van der Waals surface area contributed by atoms with Crippen molar-refractivity contribution in [3.63, 3.8) is 0 Å². The van der Waals surface area contributed by atoms with E-state index in [0.29, 0.717) is 56.0 Å². The van der Waals surface area contributed by atoms with Crippen LogP contribution in [0.5, 0.6) is 46.0 Å². The smallest absolute Gasteiger partial charge is 0.122 e. The highest BCUT2D eigenvalue weighted by Gasteiger charge is 2.35. The van der Waals surface area contributed by atoms with Crippen LogP contribution < -0.4 is 9.47 Å². The zero-order valence-electron chi connectivity index (χ0n) is 46.3. The molecule has 1 aliphatic carbocycles. The number of phenolic OH excluding ortho intramolecular Hbond substituents is 6. The molecule has 0 atom stereocenters. The maximum atomic E-state index is 12.4. The van der Waals surface area contributed by atoms with Gasteiger partial charge in [0, 0.05) is 58.8 Å². The number of methoxy groups -OCH3 is 2. The number of ether oxygens (including phenoxy) is 2.